The number of ether oxygens (including phenoxy) is 1. The van der Waals surface area contributed by atoms with Crippen LogP contribution in [0.2, 0.25) is 0 Å². The molecule has 2 aromatic rings. The first-order valence-corrected chi connectivity index (χ1v) is 5.28. The minimum Gasteiger partial charge on any atom is -0.497 e. The number of aromatic nitrogens is 1. The van der Waals surface area contributed by atoms with Crippen molar-refractivity contribution < 1.29 is 4.74 Å². The number of nitrogens with zero attached hydrogens (tertiary/aromatic N) is 1. The van der Waals surface area contributed by atoms with E-state index in [1.165, 1.54) is 22.3 Å². The lowest BCUT2D eigenvalue weighted by Crippen LogP contribution is -1.89. The molecule has 0 aliphatic rings. The van der Waals surface area contributed by atoms with Crippen LogP contribution in [0.5, 0.6) is 5.75 Å². The van der Waals surface area contributed by atoms with Gasteiger partial charge in [-0.2, -0.15) is 0 Å². The first kappa shape index (κ1) is 10.7. The molecule has 2 heteroatoms. The van der Waals surface area contributed by atoms with Gasteiger partial charge in [0.25, 0.3) is 0 Å². The first-order chi connectivity index (χ1) is 7.72. The van der Waals surface area contributed by atoms with Gasteiger partial charge in [-0.25, -0.2) is 0 Å². The van der Waals surface area contributed by atoms with Crippen molar-refractivity contribution in [1.82, 2.24) is 4.98 Å². The molecular formula is C14H15NO. The molecule has 0 fully saturated rings. The Hall–Kier alpha value is -1.83. The van der Waals surface area contributed by atoms with Gasteiger partial charge in [0.2, 0.25) is 0 Å². The van der Waals surface area contributed by atoms with Crippen LogP contribution in [0.15, 0.2) is 36.7 Å². The Morgan fingerprint density at radius 2 is 1.69 bits per heavy atom. The van der Waals surface area contributed by atoms with Crippen LogP contribution in [0.1, 0.15) is 11.1 Å². The molecule has 2 rings (SSSR count). The van der Waals surface area contributed by atoms with E-state index in [1.807, 2.05) is 24.5 Å². The smallest absolute Gasteiger partial charge is 0.118 e. The summed E-state index contributed by atoms with van der Waals surface area (Å²) in [5.41, 5.74) is 4.85. The predicted molar refractivity (Wildman–Crippen MR) is 65.7 cm³/mol. The van der Waals surface area contributed by atoms with Crippen molar-refractivity contribution in [3.8, 4) is 16.9 Å². The van der Waals surface area contributed by atoms with E-state index < -0.39 is 0 Å². The predicted octanol–water partition coefficient (Wildman–Crippen LogP) is 3.37. The molecule has 0 atom stereocenters. The largest absolute Gasteiger partial charge is 0.497 e. The average molecular weight is 213 g/mol. The van der Waals surface area contributed by atoms with Crippen molar-refractivity contribution in [2.45, 2.75) is 13.8 Å². The molecular weight excluding hydrogens is 198 g/mol. The number of methoxy groups -OCH3 is 1. The molecule has 82 valence electrons. The summed E-state index contributed by atoms with van der Waals surface area (Å²) in [6.45, 7) is 4.20. The number of pyridine rings is 1. The highest BCUT2D eigenvalue weighted by Crippen LogP contribution is 2.25. The zero-order chi connectivity index (χ0) is 11.5. The van der Waals surface area contributed by atoms with Gasteiger partial charge in [0.05, 0.1) is 7.11 Å². The third-order valence-electron chi connectivity index (χ3n) is 2.87. The molecule has 16 heavy (non-hydrogen) atoms. The molecule has 0 radical (unpaired) electrons. The minimum atomic E-state index is 0.877. The maximum absolute atomic E-state index is 5.14. The number of rotatable bonds is 2. The van der Waals surface area contributed by atoms with Crippen LogP contribution in [-0.4, -0.2) is 12.1 Å². The molecule has 0 aliphatic carbocycles. The van der Waals surface area contributed by atoms with Gasteiger partial charge in [-0.1, -0.05) is 12.1 Å². The summed E-state index contributed by atoms with van der Waals surface area (Å²) in [4.78, 5) is 4.23. The van der Waals surface area contributed by atoms with Crippen LogP contribution in [0.25, 0.3) is 11.1 Å². The van der Waals surface area contributed by atoms with Crippen LogP contribution in [-0.2, 0) is 0 Å². The monoisotopic (exact) mass is 213 g/mol. The second-order valence-electron chi connectivity index (χ2n) is 3.86. The van der Waals surface area contributed by atoms with Crippen molar-refractivity contribution in [1.29, 1.82) is 0 Å². The zero-order valence-electron chi connectivity index (χ0n) is 9.82. The highest BCUT2D eigenvalue weighted by Gasteiger charge is 2.04. The number of hydrogen-bond donors (Lipinski definition) is 0. The molecule has 0 saturated heterocycles. The highest BCUT2D eigenvalue weighted by atomic mass is 16.5. The molecule has 0 saturated carbocycles. The van der Waals surface area contributed by atoms with Gasteiger partial charge in [-0.05, 0) is 42.7 Å². The molecule has 1 heterocycles. The van der Waals surface area contributed by atoms with Gasteiger partial charge in [-0.3, -0.25) is 4.98 Å². The fourth-order valence-corrected chi connectivity index (χ4v) is 1.69. The normalized spacial score (nSPS) is 10.2. The van der Waals surface area contributed by atoms with Crippen molar-refractivity contribution >= 4 is 0 Å². The van der Waals surface area contributed by atoms with E-state index in [-0.39, 0.29) is 0 Å². The molecule has 1 aromatic heterocycles. The molecule has 1 aromatic carbocycles. The van der Waals surface area contributed by atoms with Crippen molar-refractivity contribution in [3.63, 3.8) is 0 Å². The van der Waals surface area contributed by atoms with Crippen LogP contribution in [0.4, 0.5) is 0 Å². The van der Waals surface area contributed by atoms with Crippen molar-refractivity contribution in [3.05, 3.63) is 47.8 Å². The van der Waals surface area contributed by atoms with Gasteiger partial charge < -0.3 is 4.74 Å². The third-order valence-corrected chi connectivity index (χ3v) is 2.87. The highest BCUT2D eigenvalue weighted by molar-refractivity contribution is 5.67. The lowest BCUT2D eigenvalue weighted by atomic mass is 10.0. The average Bonchev–Trinajstić information content (AvgIpc) is 2.33. The van der Waals surface area contributed by atoms with E-state index >= 15 is 0 Å². The quantitative estimate of drug-likeness (QED) is 0.763. The fourth-order valence-electron chi connectivity index (χ4n) is 1.69. The Bertz CT molecular complexity index is 489. The van der Waals surface area contributed by atoms with Crippen LogP contribution in [0.3, 0.4) is 0 Å². The number of hydrogen-bond acceptors (Lipinski definition) is 2. The Morgan fingerprint density at radius 1 is 1.00 bits per heavy atom. The molecule has 0 N–H and O–H groups in total. The maximum Gasteiger partial charge on any atom is 0.118 e. The van der Waals surface area contributed by atoms with E-state index in [0.717, 1.165) is 5.75 Å². The minimum absolute atomic E-state index is 0.877. The summed E-state index contributed by atoms with van der Waals surface area (Å²) in [6.07, 6.45) is 3.80. The Balaban J connectivity index is 2.46. The molecule has 0 amide bonds. The molecule has 0 unspecified atom stereocenters. The maximum atomic E-state index is 5.14. The van der Waals surface area contributed by atoms with E-state index in [1.54, 1.807) is 7.11 Å². The summed E-state index contributed by atoms with van der Waals surface area (Å²) in [5, 5.41) is 0. The number of benzene rings is 1. The van der Waals surface area contributed by atoms with Gasteiger partial charge in [-0.15, -0.1) is 0 Å². The molecule has 0 bridgehead atoms. The van der Waals surface area contributed by atoms with Gasteiger partial charge in [0.1, 0.15) is 5.75 Å². The standard InChI is InChI=1S/C14H15NO/c1-10-8-15-9-14(11(10)2)12-4-6-13(16-3)7-5-12/h4-9H,1-3H3. The second kappa shape index (κ2) is 4.35. The molecule has 0 aliphatic heterocycles. The first-order valence-electron chi connectivity index (χ1n) is 5.28. The van der Waals surface area contributed by atoms with Gasteiger partial charge in [0.15, 0.2) is 0 Å². The Morgan fingerprint density at radius 3 is 2.31 bits per heavy atom. The molecule has 0 spiro atoms. The zero-order valence-corrected chi connectivity index (χ0v) is 9.82. The topological polar surface area (TPSA) is 22.1 Å². The third kappa shape index (κ3) is 1.91. The SMILES string of the molecule is COc1ccc(-c2cncc(C)c2C)cc1. The van der Waals surface area contributed by atoms with Crippen molar-refractivity contribution in [2.24, 2.45) is 0 Å². The summed E-state index contributed by atoms with van der Waals surface area (Å²) >= 11 is 0. The molecule has 2 nitrogen and oxygen atoms in total. The van der Waals surface area contributed by atoms with E-state index in [9.17, 15) is 0 Å². The van der Waals surface area contributed by atoms with Crippen LogP contribution < -0.4 is 4.74 Å². The van der Waals surface area contributed by atoms with E-state index in [2.05, 4.69) is 31.0 Å². The lowest BCUT2D eigenvalue weighted by Gasteiger charge is -2.08. The lowest BCUT2D eigenvalue weighted by molar-refractivity contribution is 0.415. The van der Waals surface area contributed by atoms with Crippen LogP contribution in [0, 0.1) is 13.8 Å². The van der Waals surface area contributed by atoms with Gasteiger partial charge in [0, 0.05) is 18.0 Å². The van der Waals surface area contributed by atoms with E-state index in [4.69, 9.17) is 4.74 Å². The number of aryl methyl sites for hydroxylation is 1. The van der Waals surface area contributed by atoms with Gasteiger partial charge >= 0.3 is 0 Å². The fraction of sp³-hybridized carbons (Fsp3) is 0.214. The summed E-state index contributed by atoms with van der Waals surface area (Å²) < 4.78 is 5.14. The summed E-state index contributed by atoms with van der Waals surface area (Å²) in [6, 6.07) is 8.05. The summed E-state index contributed by atoms with van der Waals surface area (Å²) in [5.74, 6) is 0.877. The second-order valence-corrected chi connectivity index (χ2v) is 3.86. The van der Waals surface area contributed by atoms with E-state index in [0.29, 0.717) is 0 Å². The van der Waals surface area contributed by atoms with Crippen LogP contribution >= 0.6 is 0 Å². The summed E-state index contributed by atoms with van der Waals surface area (Å²) in [7, 11) is 1.68. The van der Waals surface area contributed by atoms with Crippen molar-refractivity contribution in [2.75, 3.05) is 7.11 Å². The Labute approximate surface area is 95.9 Å². The Kier molecular flexibility index (Phi) is 2.91.